The molecule has 2 N–H and O–H groups in total. The monoisotopic (exact) mass is 188 g/mol. The summed E-state index contributed by atoms with van der Waals surface area (Å²) in [4.78, 5) is 12.0. The molecule has 0 aromatic rings. The Morgan fingerprint density at radius 3 is 3.00 bits per heavy atom. The van der Waals surface area contributed by atoms with E-state index in [0.29, 0.717) is 32.4 Å². The minimum Gasteiger partial charge on any atom is -0.342 e. The largest absolute Gasteiger partial charge is 0.342 e. The molecule has 13 heavy (non-hydrogen) atoms. The third-order valence-corrected chi connectivity index (χ3v) is 2.53. The first-order valence-electron chi connectivity index (χ1n) is 4.78. The number of halogens is 1. The van der Waals surface area contributed by atoms with Gasteiger partial charge < -0.3 is 10.6 Å². The number of carbonyl (C=O) groups excluding carboxylic acids is 1. The normalized spacial score (nSPS) is 28.9. The molecule has 3 nitrogen and oxygen atoms in total. The van der Waals surface area contributed by atoms with Crippen LogP contribution in [0.15, 0.2) is 0 Å². The van der Waals surface area contributed by atoms with Crippen molar-refractivity contribution in [1.29, 1.82) is 0 Å². The molecule has 1 amide bonds. The molecule has 0 bridgehead atoms. The quantitative estimate of drug-likeness (QED) is 0.660. The summed E-state index contributed by atoms with van der Waals surface area (Å²) < 4.78 is 13.9. The summed E-state index contributed by atoms with van der Waals surface area (Å²) in [5.74, 6) is 0. The lowest BCUT2D eigenvalue weighted by Crippen LogP contribution is -2.44. The molecule has 0 radical (unpaired) electrons. The van der Waals surface area contributed by atoms with Crippen LogP contribution in [0.2, 0.25) is 0 Å². The highest BCUT2D eigenvalue weighted by Gasteiger charge is 2.34. The number of nitrogens with zero attached hydrogens (tertiary/aromatic N) is 1. The van der Waals surface area contributed by atoms with E-state index >= 15 is 0 Å². The summed E-state index contributed by atoms with van der Waals surface area (Å²) >= 11 is 0. The number of hydrogen-bond acceptors (Lipinski definition) is 2. The van der Waals surface area contributed by atoms with Gasteiger partial charge in [0.1, 0.15) is 5.67 Å². The van der Waals surface area contributed by atoms with E-state index in [1.165, 1.54) is 4.90 Å². The van der Waals surface area contributed by atoms with Gasteiger partial charge in [-0.15, -0.1) is 0 Å². The molecule has 1 aliphatic rings. The van der Waals surface area contributed by atoms with Crippen LogP contribution >= 0.6 is 0 Å². The van der Waals surface area contributed by atoms with Crippen LogP contribution in [0.5, 0.6) is 0 Å². The van der Waals surface area contributed by atoms with E-state index in [4.69, 9.17) is 5.73 Å². The van der Waals surface area contributed by atoms with Crippen molar-refractivity contribution in [3.8, 4) is 0 Å². The number of piperidine rings is 1. The van der Waals surface area contributed by atoms with Gasteiger partial charge in [0, 0.05) is 6.54 Å². The van der Waals surface area contributed by atoms with Gasteiger partial charge in [-0.05, 0) is 32.2 Å². The Hall–Kier alpha value is -0.640. The van der Waals surface area contributed by atoms with E-state index in [1.54, 1.807) is 0 Å². The zero-order valence-electron chi connectivity index (χ0n) is 7.84. The topological polar surface area (TPSA) is 46.3 Å². The van der Waals surface area contributed by atoms with Crippen molar-refractivity contribution in [2.24, 2.45) is 5.73 Å². The van der Waals surface area contributed by atoms with E-state index in [2.05, 4.69) is 0 Å². The predicted octanol–water partition coefficient (Wildman–Crippen LogP) is 0.686. The van der Waals surface area contributed by atoms with Crippen molar-refractivity contribution < 1.29 is 9.18 Å². The standard InChI is InChI=1S/C9H17FN2O/c10-9(3-1-5-11)4-2-6-12(7-9)8-13/h8H,1-7,11H2. The highest BCUT2D eigenvalue weighted by atomic mass is 19.1. The number of likely N-dealkylation sites (tertiary alicyclic amines) is 1. The van der Waals surface area contributed by atoms with Gasteiger partial charge in [-0.1, -0.05) is 0 Å². The van der Waals surface area contributed by atoms with Gasteiger partial charge in [-0.2, -0.15) is 0 Å². The van der Waals surface area contributed by atoms with Crippen molar-refractivity contribution >= 4 is 6.41 Å². The predicted molar refractivity (Wildman–Crippen MR) is 49.0 cm³/mol. The zero-order chi connectivity index (χ0) is 9.73. The van der Waals surface area contributed by atoms with Gasteiger partial charge in [0.15, 0.2) is 0 Å². The van der Waals surface area contributed by atoms with Crippen LogP contribution in [0, 0.1) is 0 Å². The van der Waals surface area contributed by atoms with Gasteiger partial charge in [-0.25, -0.2) is 4.39 Å². The maximum atomic E-state index is 13.9. The van der Waals surface area contributed by atoms with Crippen molar-refractivity contribution in [3.05, 3.63) is 0 Å². The Labute approximate surface area is 78.1 Å². The number of hydrogen-bond donors (Lipinski definition) is 1. The summed E-state index contributed by atoms with van der Waals surface area (Å²) in [6, 6.07) is 0. The molecule has 1 rings (SSSR count). The highest BCUT2D eigenvalue weighted by Crippen LogP contribution is 2.28. The molecule has 0 saturated carbocycles. The molecule has 1 heterocycles. The molecule has 1 unspecified atom stereocenters. The lowest BCUT2D eigenvalue weighted by molar-refractivity contribution is -0.122. The van der Waals surface area contributed by atoms with E-state index in [9.17, 15) is 9.18 Å². The fourth-order valence-electron chi connectivity index (χ4n) is 1.83. The SMILES string of the molecule is NCCCC1(F)CCCN(C=O)C1. The van der Waals surface area contributed by atoms with Crippen LogP contribution in [0.1, 0.15) is 25.7 Å². The number of alkyl halides is 1. The number of carbonyl (C=O) groups is 1. The average Bonchev–Trinajstić information content (AvgIpc) is 2.15. The first-order chi connectivity index (χ1) is 6.20. The molecule has 1 saturated heterocycles. The number of nitrogens with two attached hydrogens (primary N) is 1. The fourth-order valence-corrected chi connectivity index (χ4v) is 1.83. The Morgan fingerprint density at radius 1 is 1.62 bits per heavy atom. The van der Waals surface area contributed by atoms with Crippen molar-refractivity contribution in [2.75, 3.05) is 19.6 Å². The van der Waals surface area contributed by atoms with Gasteiger partial charge >= 0.3 is 0 Å². The lowest BCUT2D eigenvalue weighted by atomic mass is 9.90. The minimum absolute atomic E-state index is 0.247. The van der Waals surface area contributed by atoms with E-state index in [1.807, 2.05) is 0 Å². The summed E-state index contributed by atoms with van der Waals surface area (Å²) in [5.41, 5.74) is 4.14. The van der Waals surface area contributed by atoms with E-state index in [-0.39, 0.29) is 6.54 Å². The molecule has 0 aromatic heterocycles. The molecule has 76 valence electrons. The molecule has 1 aliphatic heterocycles. The summed E-state index contributed by atoms with van der Waals surface area (Å²) in [6.45, 7) is 1.46. The third kappa shape index (κ3) is 2.95. The van der Waals surface area contributed by atoms with Crippen molar-refractivity contribution in [3.63, 3.8) is 0 Å². The summed E-state index contributed by atoms with van der Waals surface area (Å²) in [6.07, 6.45) is 3.24. The van der Waals surface area contributed by atoms with Crippen molar-refractivity contribution in [2.45, 2.75) is 31.4 Å². The Morgan fingerprint density at radius 2 is 2.38 bits per heavy atom. The van der Waals surface area contributed by atoms with Gasteiger partial charge in [0.2, 0.25) is 6.41 Å². The fraction of sp³-hybridized carbons (Fsp3) is 0.889. The van der Waals surface area contributed by atoms with Crippen LogP contribution in [-0.4, -0.2) is 36.6 Å². The van der Waals surface area contributed by atoms with Crippen LogP contribution in [0.3, 0.4) is 0 Å². The lowest BCUT2D eigenvalue weighted by Gasteiger charge is -2.35. The first-order valence-corrected chi connectivity index (χ1v) is 4.78. The Balaban J connectivity index is 2.42. The highest BCUT2D eigenvalue weighted by molar-refractivity contribution is 5.47. The summed E-state index contributed by atoms with van der Waals surface area (Å²) in [7, 11) is 0. The van der Waals surface area contributed by atoms with Crippen LogP contribution < -0.4 is 5.73 Å². The van der Waals surface area contributed by atoms with Gasteiger partial charge in [0.05, 0.1) is 6.54 Å². The number of rotatable bonds is 4. The van der Waals surface area contributed by atoms with E-state index in [0.717, 1.165) is 12.8 Å². The number of amides is 1. The van der Waals surface area contributed by atoms with E-state index < -0.39 is 5.67 Å². The second-order valence-electron chi connectivity index (χ2n) is 3.72. The maximum absolute atomic E-state index is 13.9. The molecular formula is C9H17FN2O. The minimum atomic E-state index is -1.18. The smallest absolute Gasteiger partial charge is 0.209 e. The Kier molecular flexibility index (Phi) is 3.66. The zero-order valence-corrected chi connectivity index (χ0v) is 7.84. The second-order valence-corrected chi connectivity index (χ2v) is 3.72. The summed E-state index contributed by atoms with van der Waals surface area (Å²) in [5, 5.41) is 0. The average molecular weight is 188 g/mol. The molecular weight excluding hydrogens is 171 g/mol. The molecule has 4 heteroatoms. The second kappa shape index (κ2) is 4.56. The Bertz CT molecular complexity index is 177. The van der Waals surface area contributed by atoms with Crippen LogP contribution in [0.4, 0.5) is 4.39 Å². The third-order valence-electron chi connectivity index (χ3n) is 2.53. The van der Waals surface area contributed by atoms with Gasteiger partial charge in [0.25, 0.3) is 0 Å². The van der Waals surface area contributed by atoms with Crippen molar-refractivity contribution in [1.82, 2.24) is 4.90 Å². The van der Waals surface area contributed by atoms with Crippen LogP contribution in [-0.2, 0) is 4.79 Å². The van der Waals surface area contributed by atoms with Crippen LogP contribution in [0.25, 0.3) is 0 Å². The van der Waals surface area contributed by atoms with Gasteiger partial charge in [-0.3, -0.25) is 4.79 Å². The molecule has 1 atom stereocenters. The molecule has 0 aliphatic carbocycles. The maximum Gasteiger partial charge on any atom is 0.209 e. The molecule has 0 spiro atoms. The first kappa shape index (κ1) is 10.4. The molecule has 1 fully saturated rings. The molecule has 0 aromatic carbocycles.